The molecule has 0 bridgehead atoms. The number of halogens is 1. The average molecular weight is 390 g/mol. The monoisotopic (exact) mass is 389 g/mol. The second kappa shape index (κ2) is 8.73. The van der Waals surface area contributed by atoms with E-state index in [1.54, 1.807) is 18.1 Å². The summed E-state index contributed by atoms with van der Waals surface area (Å²) >= 11 is 5.82. The van der Waals surface area contributed by atoms with E-state index in [2.05, 4.69) is 9.88 Å². The number of hydrogen-bond donors (Lipinski definition) is 0. The number of carbonyl (C=O) groups is 2. The molecule has 1 saturated heterocycles. The van der Waals surface area contributed by atoms with Gasteiger partial charge in [0.25, 0.3) is 5.91 Å². The van der Waals surface area contributed by atoms with Gasteiger partial charge >= 0.3 is 5.97 Å². The molecule has 8 heteroatoms. The average Bonchev–Trinajstić information content (AvgIpc) is 2.71. The van der Waals surface area contributed by atoms with Gasteiger partial charge in [-0.3, -0.25) is 4.79 Å². The highest BCUT2D eigenvalue weighted by Crippen LogP contribution is 2.28. The molecule has 2 aromatic rings. The van der Waals surface area contributed by atoms with Crippen LogP contribution in [-0.2, 0) is 9.53 Å². The molecule has 0 unspecified atom stereocenters. The van der Waals surface area contributed by atoms with Gasteiger partial charge < -0.3 is 19.3 Å². The number of carbonyl (C=O) groups excluding carboxylic acids is 2. The molecule has 1 aliphatic heterocycles. The van der Waals surface area contributed by atoms with Crippen LogP contribution in [0.3, 0.4) is 0 Å². The molecule has 0 aliphatic carbocycles. The van der Waals surface area contributed by atoms with Crippen LogP contribution >= 0.6 is 11.6 Å². The van der Waals surface area contributed by atoms with Crippen LogP contribution in [0.25, 0.3) is 0 Å². The number of methoxy groups -OCH3 is 1. The highest BCUT2D eigenvalue weighted by atomic mass is 35.5. The largest absolute Gasteiger partial charge is 0.495 e. The number of piperazine rings is 1. The van der Waals surface area contributed by atoms with Crippen LogP contribution in [0.1, 0.15) is 10.5 Å². The van der Waals surface area contributed by atoms with Crippen LogP contribution in [0.2, 0.25) is 5.02 Å². The zero-order valence-electron chi connectivity index (χ0n) is 14.9. The van der Waals surface area contributed by atoms with Gasteiger partial charge in [-0.1, -0.05) is 23.7 Å². The van der Waals surface area contributed by atoms with Crippen molar-refractivity contribution in [3.8, 4) is 5.75 Å². The molecule has 142 valence electrons. The smallest absolute Gasteiger partial charge is 0.357 e. The maximum absolute atomic E-state index is 12.3. The number of rotatable bonds is 5. The Balaban J connectivity index is 1.50. The second-order valence-electron chi connectivity index (χ2n) is 5.98. The van der Waals surface area contributed by atoms with Gasteiger partial charge in [0.05, 0.1) is 12.8 Å². The van der Waals surface area contributed by atoms with Crippen molar-refractivity contribution in [2.75, 3.05) is 44.8 Å². The molecule has 1 aromatic heterocycles. The number of aromatic nitrogens is 1. The molecule has 3 rings (SSSR count). The van der Waals surface area contributed by atoms with Crippen molar-refractivity contribution < 1.29 is 19.1 Å². The SMILES string of the molecule is COc1ccccc1N1CCN(C(=O)COC(=O)c2cc(Cl)ccn2)CC1. The van der Waals surface area contributed by atoms with Crippen molar-refractivity contribution >= 4 is 29.2 Å². The van der Waals surface area contributed by atoms with E-state index in [1.165, 1.54) is 12.3 Å². The lowest BCUT2D eigenvalue weighted by molar-refractivity contribution is -0.134. The van der Waals surface area contributed by atoms with Gasteiger partial charge in [-0.25, -0.2) is 9.78 Å². The minimum absolute atomic E-state index is 0.0799. The van der Waals surface area contributed by atoms with Gasteiger partial charge in [-0.05, 0) is 24.3 Å². The molecule has 0 N–H and O–H groups in total. The molecular weight excluding hydrogens is 370 g/mol. The fourth-order valence-corrected chi connectivity index (χ4v) is 3.06. The van der Waals surface area contributed by atoms with Gasteiger partial charge in [0.2, 0.25) is 0 Å². The molecule has 1 aliphatic rings. The summed E-state index contributed by atoms with van der Waals surface area (Å²) in [6, 6.07) is 10.8. The Morgan fingerprint density at radius 3 is 2.59 bits per heavy atom. The first-order valence-electron chi connectivity index (χ1n) is 8.53. The summed E-state index contributed by atoms with van der Waals surface area (Å²) in [7, 11) is 1.64. The summed E-state index contributed by atoms with van der Waals surface area (Å²) in [5, 5.41) is 0.385. The molecule has 0 saturated carbocycles. The van der Waals surface area contributed by atoms with Crippen molar-refractivity contribution in [1.29, 1.82) is 0 Å². The van der Waals surface area contributed by atoms with E-state index < -0.39 is 5.97 Å². The van der Waals surface area contributed by atoms with E-state index in [0.717, 1.165) is 11.4 Å². The first-order chi connectivity index (χ1) is 13.1. The quantitative estimate of drug-likeness (QED) is 0.730. The molecule has 1 fully saturated rings. The molecular formula is C19H20ClN3O4. The summed E-state index contributed by atoms with van der Waals surface area (Å²) in [6.07, 6.45) is 1.41. The summed E-state index contributed by atoms with van der Waals surface area (Å²) < 4.78 is 10.5. The number of pyridine rings is 1. The maximum atomic E-state index is 12.3. The highest BCUT2D eigenvalue weighted by Gasteiger charge is 2.24. The number of ether oxygens (including phenoxy) is 2. The van der Waals surface area contributed by atoms with Crippen LogP contribution in [0, 0.1) is 0 Å². The number of para-hydroxylation sites is 2. The van der Waals surface area contributed by atoms with Crippen LogP contribution in [0.5, 0.6) is 5.75 Å². The van der Waals surface area contributed by atoms with Crippen molar-refractivity contribution in [3.63, 3.8) is 0 Å². The van der Waals surface area contributed by atoms with Gasteiger partial charge in [0, 0.05) is 37.4 Å². The Morgan fingerprint density at radius 1 is 1.15 bits per heavy atom. The summed E-state index contributed by atoms with van der Waals surface area (Å²) in [5.41, 5.74) is 1.09. The topological polar surface area (TPSA) is 72.0 Å². The molecule has 7 nitrogen and oxygen atoms in total. The molecule has 1 amide bonds. The molecule has 1 aromatic carbocycles. The number of nitrogens with zero attached hydrogens (tertiary/aromatic N) is 3. The molecule has 0 radical (unpaired) electrons. The van der Waals surface area contributed by atoms with Crippen molar-refractivity contribution in [2.24, 2.45) is 0 Å². The van der Waals surface area contributed by atoms with Gasteiger partial charge in [0.1, 0.15) is 11.4 Å². The van der Waals surface area contributed by atoms with Crippen molar-refractivity contribution in [1.82, 2.24) is 9.88 Å². The van der Waals surface area contributed by atoms with Gasteiger partial charge in [-0.15, -0.1) is 0 Å². The zero-order valence-corrected chi connectivity index (χ0v) is 15.7. The highest BCUT2D eigenvalue weighted by molar-refractivity contribution is 6.30. The van der Waals surface area contributed by atoms with E-state index in [9.17, 15) is 9.59 Å². The van der Waals surface area contributed by atoms with Gasteiger partial charge in [0.15, 0.2) is 6.61 Å². The van der Waals surface area contributed by atoms with Crippen LogP contribution in [0.15, 0.2) is 42.6 Å². The summed E-state index contributed by atoms with van der Waals surface area (Å²) in [6.45, 7) is 2.13. The molecule has 27 heavy (non-hydrogen) atoms. The predicted octanol–water partition coefficient (Wildman–Crippen LogP) is 2.25. The third kappa shape index (κ3) is 4.68. The van der Waals surface area contributed by atoms with Gasteiger partial charge in [-0.2, -0.15) is 0 Å². The van der Waals surface area contributed by atoms with E-state index >= 15 is 0 Å². The van der Waals surface area contributed by atoms with Crippen molar-refractivity contribution in [3.05, 3.63) is 53.3 Å². The second-order valence-corrected chi connectivity index (χ2v) is 6.41. The van der Waals surface area contributed by atoms with Crippen molar-refractivity contribution in [2.45, 2.75) is 0 Å². The third-order valence-electron chi connectivity index (χ3n) is 4.32. The number of anilines is 1. The Labute approximate surface area is 162 Å². The number of benzene rings is 1. The molecule has 2 heterocycles. The number of hydrogen-bond acceptors (Lipinski definition) is 6. The maximum Gasteiger partial charge on any atom is 0.357 e. The predicted molar refractivity (Wildman–Crippen MR) is 101 cm³/mol. The van der Waals surface area contributed by atoms with Crippen LogP contribution in [0.4, 0.5) is 5.69 Å². The Kier molecular flexibility index (Phi) is 6.13. The summed E-state index contributed by atoms with van der Waals surface area (Å²) in [5.74, 6) is -0.0937. The van der Waals surface area contributed by atoms with E-state index in [0.29, 0.717) is 31.2 Å². The minimum Gasteiger partial charge on any atom is -0.495 e. The lowest BCUT2D eigenvalue weighted by atomic mass is 10.2. The van der Waals surface area contributed by atoms with E-state index in [4.69, 9.17) is 21.1 Å². The third-order valence-corrected chi connectivity index (χ3v) is 4.55. The number of esters is 1. The molecule has 0 atom stereocenters. The Morgan fingerprint density at radius 2 is 1.89 bits per heavy atom. The minimum atomic E-state index is -0.668. The van der Waals surface area contributed by atoms with Crippen LogP contribution in [-0.4, -0.2) is 61.7 Å². The van der Waals surface area contributed by atoms with Crippen LogP contribution < -0.4 is 9.64 Å². The molecule has 0 spiro atoms. The fraction of sp³-hybridized carbons (Fsp3) is 0.316. The lowest BCUT2D eigenvalue weighted by Crippen LogP contribution is -2.50. The Bertz CT molecular complexity index is 822. The Hall–Kier alpha value is -2.80. The van der Waals surface area contributed by atoms with E-state index in [1.807, 2.05) is 24.3 Å². The summed E-state index contributed by atoms with van der Waals surface area (Å²) in [4.78, 5) is 32.0. The zero-order chi connectivity index (χ0) is 19.2. The standard InChI is InChI=1S/C19H20ClN3O4/c1-26-17-5-3-2-4-16(17)22-8-10-23(11-9-22)18(24)13-27-19(25)15-12-14(20)6-7-21-15/h2-7,12H,8-11,13H2,1H3. The first-order valence-corrected chi connectivity index (χ1v) is 8.90. The van der Waals surface area contributed by atoms with E-state index in [-0.39, 0.29) is 18.2 Å². The number of amides is 1. The normalized spacial score (nSPS) is 14.0. The first kappa shape index (κ1) is 19.0. The fourth-order valence-electron chi connectivity index (χ4n) is 2.90. The lowest BCUT2D eigenvalue weighted by Gasteiger charge is -2.36.